The highest BCUT2D eigenvalue weighted by Gasteiger charge is 2.30. The summed E-state index contributed by atoms with van der Waals surface area (Å²) in [6.45, 7) is 0. The topological polar surface area (TPSA) is 147 Å². The SMILES string of the molecule is FC(F)(F)c1ccc(Nc2nc3cc(Oc4ccnc5[nH]ccc45)ccc3o2)nc1.Oc1ccc(Oc2ccnc3[nH]ccc23)cc1. The maximum absolute atomic E-state index is 12.6. The minimum atomic E-state index is -4.44. The van der Waals surface area contributed by atoms with Crippen molar-refractivity contribution < 1.29 is 32.2 Å². The minimum Gasteiger partial charge on any atom is -0.508 e. The molecule has 6 aromatic heterocycles. The zero-order valence-corrected chi connectivity index (χ0v) is 24.0. The largest absolute Gasteiger partial charge is 0.508 e. The van der Waals surface area contributed by atoms with Crippen molar-refractivity contribution in [2.24, 2.45) is 0 Å². The number of hydrogen-bond acceptors (Lipinski definition) is 9. The first-order valence-corrected chi connectivity index (χ1v) is 14.0. The molecule has 0 saturated carbocycles. The summed E-state index contributed by atoms with van der Waals surface area (Å²) in [6, 6.07) is 21.3. The van der Waals surface area contributed by atoms with E-state index in [-0.39, 0.29) is 17.6 Å². The number of oxazole rings is 1. The monoisotopic (exact) mass is 637 g/mol. The lowest BCUT2D eigenvalue weighted by Crippen LogP contribution is -2.05. The molecule has 2 aromatic carbocycles. The molecule has 4 N–H and O–H groups in total. The number of H-pyrrole nitrogens is 2. The smallest absolute Gasteiger partial charge is 0.417 e. The van der Waals surface area contributed by atoms with Crippen LogP contribution in [0.2, 0.25) is 0 Å². The van der Waals surface area contributed by atoms with Crippen molar-refractivity contribution >= 4 is 45.0 Å². The van der Waals surface area contributed by atoms with E-state index in [4.69, 9.17) is 13.9 Å². The molecule has 8 rings (SSSR count). The Hall–Kier alpha value is -6.57. The van der Waals surface area contributed by atoms with Gasteiger partial charge in [-0.3, -0.25) is 5.32 Å². The summed E-state index contributed by atoms with van der Waals surface area (Å²) in [4.78, 5) is 22.5. The quantitative estimate of drug-likeness (QED) is 0.141. The summed E-state index contributed by atoms with van der Waals surface area (Å²) in [6.07, 6.45) is 3.23. The van der Waals surface area contributed by atoms with Crippen molar-refractivity contribution in [3.05, 3.63) is 115 Å². The molecule has 0 spiro atoms. The number of hydrogen-bond donors (Lipinski definition) is 4. The van der Waals surface area contributed by atoms with Gasteiger partial charge < -0.3 is 29.0 Å². The average molecular weight is 638 g/mol. The van der Waals surface area contributed by atoms with E-state index in [0.717, 1.165) is 34.4 Å². The number of benzene rings is 2. The lowest BCUT2D eigenvalue weighted by molar-refractivity contribution is -0.137. The number of phenolic OH excluding ortho intramolecular Hbond substituents is 1. The molecule has 0 bridgehead atoms. The van der Waals surface area contributed by atoms with Gasteiger partial charge in [0.15, 0.2) is 5.58 Å². The standard InChI is InChI=1S/C20H12F3N5O2.C13H10N2O2/c21-20(22,23)11-1-4-17(26-10-11)28-19-27-14-9-12(2-3-16(14)30-19)29-15-6-8-25-18-13(15)5-7-24-18;16-9-1-3-10(4-2-9)17-12-6-8-15-13-11(12)5-7-14-13/h1-10H,(H,24,25)(H,26,27,28);1-8,16H,(H,14,15). The summed E-state index contributed by atoms with van der Waals surface area (Å²) >= 11 is 0. The second-order valence-electron chi connectivity index (χ2n) is 10.00. The maximum Gasteiger partial charge on any atom is 0.417 e. The number of aromatic amines is 2. The number of pyridine rings is 3. The molecular weight excluding hydrogens is 615 g/mol. The highest BCUT2D eigenvalue weighted by molar-refractivity contribution is 5.84. The number of alkyl halides is 3. The molecule has 0 fully saturated rings. The molecule has 0 atom stereocenters. The van der Waals surface area contributed by atoms with Gasteiger partial charge in [0.25, 0.3) is 0 Å². The van der Waals surface area contributed by atoms with Crippen LogP contribution in [0.5, 0.6) is 28.7 Å². The van der Waals surface area contributed by atoms with Crippen molar-refractivity contribution in [3.63, 3.8) is 0 Å². The van der Waals surface area contributed by atoms with Crippen LogP contribution in [0, 0.1) is 0 Å². The summed E-state index contributed by atoms with van der Waals surface area (Å²) in [5.74, 6) is 3.00. The second-order valence-corrected chi connectivity index (χ2v) is 10.00. The molecule has 0 radical (unpaired) electrons. The number of nitrogens with zero attached hydrogens (tertiary/aromatic N) is 4. The van der Waals surface area contributed by atoms with Crippen LogP contribution < -0.4 is 14.8 Å². The summed E-state index contributed by atoms with van der Waals surface area (Å²) < 4.78 is 55.2. The molecule has 0 aliphatic rings. The molecule has 11 nitrogen and oxygen atoms in total. The Labute approximate surface area is 262 Å². The Morgan fingerprint density at radius 3 is 1.98 bits per heavy atom. The number of rotatable bonds is 6. The Kier molecular flexibility index (Phi) is 7.49. The van der Waals surface area contributed by atoms with Crippen molar-refractivity contribution in [3.8, 4) is 28.7 Å². The fourth-order valence-corrected chi connectivity index (χ4v) is 4.59. The summed E-state index contributed by atoms with van der Waals surface area (Å²) in [5.41, 5.74) is 1.67. The van der Waals surface area contributed by atoms with Crippen LogP contribution in [0.1, 0.15) is 5.56 Å². The third-order valence-corrected chi connectivity index (χ3v) is 6.82. The lowest BCUT2D eigenvalue weighted by atomic mass is 10.3. The van der Waals surface area contributed by atoms with Gasteiger partial charge >= 0.3 is 12.2 Å². The number of halogens is 3. The van der Waals surface area contributed by atoms with E-state index in [1.807, 2.05) is 24.4 Å². The third-order valence-electron chi connectivity index (χ3n) is 6.82. The van der Waals surface area contributed by atoms with Gasteiger partial charge in [0.05, 0.1) is 16.3 Å². The van der Waals surface area contributed by atoms with E-state index in [9.17, 15) is 18.3 Å². The van der Waals surface area contributed by atoms with E-state index in [2.05, 4.69) is 35.2 Å². The molecular formula is C33H22F3N7O4. The van der Waals surface area contributed by atoms with Crippen LogP contribution in [0.3, 0.4) is 0 Å². The zero-order valence-electron chi connectivity index (χ0n) is 24.0. The minimum absolute atomic E-state index is 0.103. The van der Waals surface area contributed by atoms with Gasteiger partial charge in [0, 0.05) is 37.1 Å². The molecule has 0 amide bonds. The van der Waals surface area contributed by atoms with Gasteiger partial charge in [0.2, 0.25) is 0 Å². The van der Waals surface area contributed by atoms with Gasteiger partial charge in [-0.15, -0.1) is 0 Å². The molecule has 6 heterocycles. The third kappa shape index (κ3) is 6.47. The highest BCUT2D eigenvalue weighted by atomic mass is 19.4. The maximum atomic E-state index is 12.6. The number of ether oxygens (including phenoxy) is 2. The molecule has 0 aliphatic heterocycles. The van der Waals surface area contributed by atoms with Gasteiger partial charge in [-0.1, -0.05) is 0 Å². The van der Waals surface area contributed by atoms with Crippen LogP contribution in [0.4, 0.5) is 25.0 Å². The molecule has 8 aromatic rings. The van der Waals surface area contributed by atoms with Crippen molar-refractivity contribution in [2.45, 2.75) is 6.18 Å². The Morgan fingerprint density at radius 2 is 1.36 bits per heavy atom. The molecule has 0 unspecified atom stereocenters. The number of nitrogens with one attached hydrogen (secondary N) is 3. The molecule has 14 heteroatoms. The lowest BCUT2D eigenvalue weighted by Gasteiger charge is -2.06. The predicted molar refractivity (Wildman–Crippen MR) is 167 cm³/mol. The fraction of sp³-hybridized carbons (Fsp3) is 0.0303. The fourth-order valence-electron chi connectivity index (χ4n) is 4.59. The van der Waals surface area contributed by atoms with E-state index in [1.165, 1.54) is 6.07 Å². The van der Waals surface area contributed by atoms with Crippen LogP contribution in [-0.4, -0.2) is 35.0 Å². The zero-order chi connectivity index (χ0) is 32.4. The normalized spacial score (nSPS) is 11.4. The van der Waals surface area contributed by atoms with Gasteiger partial charge in [-0.2, -0.15) is 18.2 Å². The van der Waals surface area contributed by atoms with Crippen molar-refractivity contribution in [1.82, 2.24) is 29.9 Å². The first kappa shape index (κ1) is 29.2. The highest BCUT2D eigenvalue weighted by Crippen LogP contribution is 2.33. The van der Waals surface area contributed by atoms with Crippen LogP contribution in [0.25, 0.3) is 33.2 Å². The van der Waals surface area contributed by atoms with Gasteiger partial charge in [-0.05, 0) is 72.8 Å². The van der Waals surface area contributed by atoms with Gasteiger partial charge in [0.1, 0.15) is 51.4 Å². The van der Waals surface area contributed by atoms with E-state index >= 15 is 0 Å². The number of aromatic nitrogens is 6. The Balaban J connectivity index is 0.000000174. The van der Waals surface area contributed by atoms with Crippen LogP contribution >= 0.6 is 0 Å². The molecule has 47 heavy (non-hydrogen) atoms. The predicted octanol–water partition coefficient (Wildman–Crippen LogP) is 8.71. The number of fused-ring (bicyclic) bond motifs is 3. The summed E-state index contributed by atoms with van der Waals surface area (Å²) in [7, 11) is 0. The van der Waals surface area contributed by atoms with Gasteiger partial charge in [-0.25, -0.2) is 15.0 Å². The van der Waals surface area contributed by atoms with E-state index in [1.54, 1.807) is 67.1 Å². The van der Waals surface area contributed by atoms with Crippen molar-refractivity contribution in [1.29, 1.82) is 0 Å². The first-order valence-electron chi connectivity index (χ1n) is 14.0. The molecule has 0 aliphatic carbocycles. The average Bonchev–Trinajstić information content (AvgIpc) is 3.83. The Bertz CT molecular complexity index is 2300. The Morgan fingerprint density at radius 1 is 0.723 bits per heavy atom. The molecule has 0 saturated heterocycles. The summed E-state index contributed by atoms with van der Waals surface area (Å²) in [5, 5.41) is 13.7. The van der Waals surface area contributed by atoms with Crippen LogP contribution in [-0.2, 0) is 6.18 Å². The second kappa shape index (κ2) is 12.1. The van der Waals surface area contributed by atoms with E-state index < -0.39 is 11.7 Å². The first-order chi connectivity index (χ1) is 22.8. The van der Waals surface area contributed by atoms with E-state index in [0.29, 0.717) is 34.0 Å². The molecule has 234 valence electrons. The van der Waals surface area contributed by atoms with Crippen LogP contribution in [0.15, 0.2) is 114 Å². The number of phenols is 1. The number of anilines is 2. The van der Waals surface area contributed by atoms with Crippen molar-refractivity contribution in [2.75, 3.05) is 5.32 Å². The number of aromatic hydroxyl groups is 1.